The number of sulfonamides is 1. The lowest BCUT2D eigenvalue weighted by atomic mass is 9.85. The standard InChI is InChI=1S/C15H22N2O3S/c1-5-21(19,20)16-9-8-11-6-7-13-12(10-11)15(2,3)14(18)17(13)4/h6-7,10,16H,5,8-9H2,1-4H3. The predicted octanol–water partition coefficient (Wildman–Crippen LogP) is 1.42. The van der Waals surface area contributed by atoms with Gasteiger partial charge in [0.25, 0.3) is 0 Å². The topological polar surface area (TPSA) is 66.5 Å². The van der Waals surface area contributed by atoms with Crippen LogP contribution in [0.2, 0.25) is 0 Å². The zero-order valence-corrected chi connectivity index (χ0v) is 13.8. The number of anilines is 1. The van der Waals surface area contributed by atoms with Gasteiger partial charge in [-0.15, -0.1) is 0 Å². The highest BCUT2D eigenvalue weighted by molar-refractivity contribution is 7.89. The molecule has 1 aliphatic rings. The highest BCUT2D eigenvalue weighted by Gasteiger charge is 2.42. The summed E-state index contributed by atoms with van der Waals surface area (Å²) in [5.74, 6) is 0.171. The molecular weight excluding hydrogens is 288 g/mol. The van der Waals surface area contributed by atoms with Crippen LogP contribution in [0.3, 0.4) is 0 Å². The van der Waals surface area contributed by atoms with E-state index in [0.29, 0.717) is 13.0 Å². The van der Waals surface area contributed by atoms with E-state index in [9.17, 15) is 13.2 Å². The molecule has 116 valence electrons. The van der Waals surface area contributed by atoms with Crippen molar-refractivity contribution < 1.29 is 13.2 Å². The SMILES string of the molecule is CCS(=O)(=O)NCCc1ccc2c(c1)C(C)(C)C(=O)N2C. The minimum absolute atomic E-state index is 0.0846. The van der Waals surface area contributed by atoms with Gasteiger partial charge in [-0.25, -0.2) is 13.1 Å². The zero-order chi connectivity index (χ0) is 15.8. The Morgan fingerprint density at radius 2 is 1.95 bits per heavy atom. The molecule has 1 N–H and O–H groups in total. The van der Waals surface area contributed by atoms with Gasteiger partial charge >= 0.3 is 0 Å². The van der Waals surface area contributed by atoms with E-state index in [4.69, 9.17) is 0 Å². The van der Waals surface area contributed by atoms with E-state index >= 15 is 0 Å². The fraction of sp³-hybridized carbons (Fsp3) is 0.533. The summed E-state index contributed by atoms with van der Waals surface area (Å²) < 4.78 is 25.4. The number of hydrogen-bond acceptors (Lipinski definition) is 3. The number of benzene rings is 1. The molecule has 0 aliphatic carbocycles. The van der Waals surface area contributed by atoms with Crippen molar-refractivity contribution in [3.05, 3.63) is 29.3 Å². The molecule has 1 amide bonds. The normalized spacial score (nSPS) is 17.1. The summed E-state index contributed by atoms with van der Waals surface area (Å²) in [6, 6.07) is 5.90. The Hall–Kier alpha value is -1.40. The quantitative estimate of drug-likeness (QED) is 0.894. The van der Waals surface area contributed by atoms with Crippen LogP contribution >= 0.6 is 0 Å². The molecule has 0 spiro atoms. The Morgan fingerprint density at radius 1 is 1.29 bits per heavy atom. The van der Waals surface area contributed by atoms with E-state index in [0.717, 1.165) is 16.8 Å². The Kier molecular flexibility index (Phi) is 4.13. The maximum absolute atomic E-state index is 12.2. The average Bonchev–Trinajstić information content (AvgIpc) is 2.60. The molecule has 0 atom stereocenters. The van der Waals surface area contributed by atoms with Crippen molar-refractivity contribution in [1.29, 1.82) is 0 Å². The van der Waals surface area contributed by atoms with Crippen LogP contribution in [0.15, 0.2) is 18.2 Å². The van der Waals surface area contributed by atoms with E-state index in [1.807, 2.05) is 32.0 Å². The van der Waals surface area contributed by atoms with Crippen LogP contribution in [0.4, 0.5) is 5.69 Å². The molecule has 6 heteroatoms. The number of amides is 1. The minimum Gasteiger partial charge on any atom is -0.314 e. The fourth-order valence-corrected chi connectivity index (χ4v) is 3.25. The number of rotatable bonds is 5. The van der Waals surface area contributed by atoms with Crippen molar-refractivity contribution in [2.45, 2.75) is 32.6 Å². The van der Waals surface area contributed by atoms with E-state index in [1.54, 1.807) is 18.9 Å². The second kappa shape index (κ2) is 5.42. The molecule has 0 fully saturated rings. The first-order valence-corrected chi connectivity index (χ1v) is 8.73. The van der Waals surface area contributed by atoms with Crippen LogP contribution in [0.5, 0.6) is 0 Å². The first-order chi connectivity index (χ1) is 9.69. The van der Waals surface area contributed by atoms with Gasteiger partial charge in [0.05, 0.1) is 11.2 Å². The lowest BCUT2D eigenvalue weighted by molar-refractivity contribution is -0.121. The van der Waals surface area contributed by atoms with Gasteiger partial charge in [-0.1, -0.05) is 12.1 Å². The van der Waals surface area contributed by atoms with Gasteiger partial charge in [-0.3, -0.25) is 4.79 Å². The van der Waals surface area contributed by atoms with E-state index in [2.05, 4.69) is 4.72 Å². The minimum atomic E-state index is -3.15. The van der Waals surface area contributed by atoms with E-state index < -0.39 is 15.4 Å². The first kappa shape index (κ1) is 16.0. The van der Waals surface area contributed by atoms with Gasteiger partial charge in [0, 0.05) is 19.3 Å². The number of nitrogens with one attached hydrogen (secondary N) is 1. The third-order valence-electron chi connectivity index (χ3n) is 4.05. The average molecular weight is 310 g/mol. The van der Waals surface area contributed by atoms with Gasteiger partial charge < -0.3 is 4.90 Å². The van der Waals surface area contributed by atoms with Gasteiger partial charge in [0.2, 0.25) is 15.9 Å². The molecule has 1 aromatic carbocycles. The Balaban J connectivity index is 2.16. The zero-order valence-electron chi connectivity index (χ0n) is 12.9. The second-order valence-electron chi connectivity index (χ2n) is 5.89. The van der Waals surface area contributed by atoms with Crippen LogP contribution in [-0.4, -0.2) is 33.7 Å². The van der Waals surface area contributed by atoms with Crippen molar-refractivity contribution in [2.24, 2.45) is 0 Å². The highest BCUT2D eigenvalue weighted by atomic mass is 32.2. The molecular formula is C15H22N2O3S. The Labute approximate surface area is 126 Å². The first-order valence-electron chi connectivity index (χ1n) is 7.08. The van der Waals surface area contributed by atoms with E-state index in [1.165, 1.54) is 0 Å². The van der Waals surface area contributed by atoms with Gasteiger partial charge in [-0.2, -0.15) is 0 Å². The van der Waals surface area contributed by atoms with Crippen LogP contribution in [0.25, 0.3) is 0 Å². The molecule has 1 aliphatic heterocycles. The number of likely N-dealkylation sites (N-methyl/N-ethyl adjacent to an activating group) is 1. The maximum Gasteiger partial charge on any atom is 0.236 e. The van der Waals surface area contributed by atoms with E-state index in [-0.39, 0.29) is 11.7 Å². The summed E-state index contributed by atoms with van der Waals surface area (Å²) in [6.07, 6.45) is 0.612. The molecule has 21 heavy (non-hydrogen) atoms. The van der Waals surface area contributed by atoms with Crippen LogP contribution < -0.4 is 9.62 Å². The van der Waals surface area contributed by atoms with Crippen LogP contribution in [-0.2, 0) is 26.7 Å². The van der Waals surface area contributed by atoms with Gasteiger partial charge in [0.15, 0.2) is 0 Å². The molecule has 0 radical (unpaired) electrons. The summed E-state index contributed by atoms with van der Waals surface area (Å²) in [5.41, 5.74) is 2.45. The number of carbonyl (C=O) groups is 1. The molecule has 0 saturated heterocycles. The number of nitrogens with zero attached hydrogens (tertiary/aromatic N) is 1. The second-order valence-corrected chi connectivity index (χ2v) is 7.98. The van der Waals surface area contributed by atoms with Gasteiger partial charge in [0.1, 0.15) is 0 Å². The largest absolute Gasteiger partial charge is 0.314 e. The number of fused-ring (bicyclic) bond motifs is 1. The van der Waals surface area contributed by atoms with Crippen LogP contribution in [0.1, 0.15) is 31.9 Å². The lowest BCUT2D eigenvalue weighted by Gasteiger charge is -2.16. The predicted molar refractivity (Wildman–Crippen MR) is 84.0 cm³/mol. The maximum atomic E-state index is 12.2. The third kappa shape index (κ3) is 2.96. The number of carbonyl (C=O) groups excluding carboxylic acids is 1. The Morgan fingerprint density at radius 3 is 2.57 bits per heavy atom. The van der Waals surface area contributed by atoms with Crippen molar-refractivity contribution in [2.75, 3.05) is 24.2 Å². The summed E-state index contributed by atoms with van der Waals surface area (Å²) in [6.45, 7) is 5.82. The van der Waals surface area contributed by atoms with Crippen molar-refractivity contribution in [3.8, 4) is 0 Å². The Bertz CT molecular complexity index is 665. The van der Waals surface area contributed by atoms with Crippen LogP contribution in [0, 0.1) is 0 Å². The van der Waals surface area contributed by atoms with Gasteiger partial charge in [-0.05, 0) is 44.4 Å². The molecule has 0 saturated carbocycles. The smallest absolute Gasteiger partial charge is 0.236 e. The molecule has 1 aromatic rings. The summed E-state index contributed by atoms with van der Waals surface area (Å²) in [4.78, 5) is 13.9. The molecule has 2 rings (SSSR count). The number of hydrogen-bond donors (Lipinski definition) is 1. The third-order valence-corrected chi connectivity index (χ3v) is 5.45. The van der Waals surface area contributed by atoms with Crippen molar-refractivity contribution >= 4 is 21.6 Å². The molecule has 1 heterocycles. The monoisotopic (exact) mass is 310 g/mol. The van der Waals surface area contributed by atoms with Crippen molar-refractivity contribution in [3.63, 3.8) is 0 Å². The molecule has 5 nitrogen and oxygen atoms in total. The molecule has 0 bridgehead atoms. The highest BCUT2D eigenvalue weighted by Crippen LogP contribution is 2.41. The van der Waals surface area contributed by atoms with Crippen molar-refractivity contribution in [1.82, 2.24) is 4.72 Å². The lowest BCUT2D eigenvalue weighted by Crippen LogP contribution is -2.33. The summed E-state index contributed by atoms with van der Waals surface area (Å²) in [5, 5.41) is 0. The fourth-order valence-electron chi connectivity index (χ4n) is 2.63. The molecule has 0 unspecified atom stereocenters. The summed E-state index contributed by atoms with van der Waals surface area (Å²) in [7, 11) is -1.37. The summed E-state index contributed by atoms with van der Waals surface area (Å²) >= 11 is 0. The molecule has 0 aromatic heterocycles.